The molecular weight excluding hydrogens is 366 g/mol. The highest BCUT2D eigenvalue weighted by Gasteiger charge is 2.52. The molecule has 0 radical (unpaired) electrons. The lowest BCUT2D eigenvalue weighted by Gasteiger charge is -2.27. The molecule has 1 heterocycles. The number of para-hydroxylation sites is 1. The SMILES string of the molecule is C=CCN(C(=O)CN1C(=O)N[C@@](CCC)(c2ccccc2)C1=O)c1ccccc1. The number of amides is 4. The van der Waals surface area contributed by atoms with Crippen molar-refractivity contribution >= 4 is 23.5 Å². The number of nitrogens with one attached hydrogen (secondary N) is 1. The van der Waals surface area contributed by atoms with Crippen molar-refractivity contribution in [2.75, 3.05) is 18.0 Å². The first-order valence-corrected chi connectivity index (χ1v) is 9.69. The van der Waals surface area contributed by atoms with Crippen LogP contribution in [0.3, 0.4) is 0 Å². The molecule has 3 rings (SSSR count). The van der Waals surface area contributed by atoms with Crippen molar-refractivity contribution in [3.63, 3.8) is 0 Å². The summed E-state index contributed by atoms with van der Waals surface area (Å²) in [5.41, 5.74) is 0.275. The first kappa shape index (κ1) is 20.3. The molecule has 29 heavy (non-hydrogen) atoms. The van der Waals surface area contributed by atoms with E-state index in [2.05, 4.69) is 11.9 Å². The standard InChI is InChI=1S/C23H25N3O3/c1-3-15-23(18-11-7-5-8-12-18)21(28)26(22(29)24-23)17-20(27)25(16-4-2)19-13-9-6-10-14-19/h4-14H,2-3,15-17H2,1H3,(H,24,29)/t23-/m0/s1. The van der Waals surface area contributed by atoms with E-state index in [9.17, 15) is 14.4 Å². The molecule has 1 N–H and O–H groups in total. The van der Waals surface area contributed by atoms with Gasteiger partial charge >= 0.3 is 6.03 Å². The summed E-state index contributed by atoms with van der Waals surface area (Å²) in [5, 5.41) is 2.85. The highest BCUT2D eigenvalue weighted by molar-refractivity contribution is 6.10. The van der Waals surface area contributed by atoms with Gasteiger partial charge in [-0.3, -0.25) is 14.5 Å². The van der Waals surface area contributed by atoms with E-state index in [1.807, 2.05) is 55.5 Å². The maximum atomic E-state index is 13.3. The van der Waals surface area contributed by atoms with Gasteiger partial charge in [0.1, 0.15) is 12.1 Å². The minimum atomic E-state index is -1.14. The number of carbonyl (C=O) groups excluding carboxylic acids is 3. The molecule has 150 valence electrons. The predicted molar refractivity (Wildman–Crippen MR) is 112 cm³/mol. The van der Waals surface area contributed by atoms with Gasteiger partial charge in [0.2, 0.25) is 5.91 Å². The number of carbonyl (C=O) groups is 3. The van der Waals surface area contributed by atoms with Crippen molar-refractivity contribution in [2.45, 2.75) is 25.3 Å². The first-order valence-electron chi connectivity index (χ1n) is 9.69. The summed E-state index contributed by atoms with van der Waals surface area (Å²) in [7, 11) is 0. The Kier molecular flexibility index (Phi) is 6.12. The summed E-state index contributed by atoms with van der Waals surface area (Å²) in [6.07, 6.45) is 2.78. The maximum absolute atomic E-state index is 13.3. The van der Waals surface area contributed by atoms with Gasteiger partial charge < -0.3 is 10.2 Å². The molecular formula is C23H25N3O3. The molecule has 6 nitrogen and oxygen atoms in total. The zero-order valence-electron chi connectivity index (χ0n) is 16.5. The van der Waals surface area contributed by atoms with Crippen LogP contribution >= 0.6 is 0 Å². The van der Waals surface area contributed by atoms with Crippen molar-refractivity contribution in [3.8, 4) is 0 Å². The topological polar surface area (TPSA) is 69.7 Å². The van der Waals surface area contributed by atoms with Crippen LogP contribution in [0.15, 0.2) is 73.3 Å². The largest absolute Gasteiger partial charge is 0.325 e. The average molecular weight is 391 g/mol. The third kappa shape index (κ3) is 3.92. The summed E-state index contributed by atoms with van der Waals surface area (Å²) in [4.78, 5) is 41.6. The van der Waals surface area contributed by atoms with Crippen molar-refractivity contribution in [1.82, 2.24) is 10.2 Å². The molecule has 0 aromatic heterocycles. The van der Waals surface area contributed by atoms with Crippen LogP contribution in [0.25, 0.3) is 0 Å². The van der Waals surface area contributed by atoms with Crippen LogP contribution in [0.2, 0.25) is 0 Å². The highest BCUT2D eigenvalue weighted by Crippen LogP contribution is 2.33. The minimum Gasteiger partial charge on any atom is -0.319 e. The summed E-state index contributed by atoms with van der Waals surface area (Å²) < 4.78 is 0. The van der Waals surface area contributed by atoms with E-state index >= 15 is 0 Å². The van der Waals surface area contributed by atoms with E-state index < -0.39 is 17.5 Å². The van der Waals surface area contributed by atoms with E-state index in [1.54, 1.807) is 18.2 Å². The minimum absolute atomic E-state index is 0.283. The molecule has 1 atom stereocenters. The molecule has 2 aromatic rings. The van der Waals surface area contributed by atoms with Gasteiger partial charge in [0.15, 0.2) is 0 Å². The second kappa shape index (κ2) is 8.73. The molecule has 0 aliphatic carbocycles. The number of hydrogen-bond acceptors (Lipinski definition) is 3. The lowest BCUT2D eigenvalue weighted by molar-refractivity contribution is -0.134. The smallest absolute Gasteiger partial charge is 0.319 e. The fourth-order valence-corrected chi connectivity index (χ4v) is 3.69. The first-order chi connectivity index (χ1) is 14.0. The Morgan fingerprint density at radius 2 is 1.72 bits per heavy atom. The fraction of sp³-hybridized carbons (Fsp3) is 0.261. The molecule has 1 saturated heterocycles. The molecule has 1 aliphatic rings. The molecule has 1 fully saturated rings. The lowest BCUT2D eigenvalue weighted by atomic mass is 9.85. The van der Waals surface area contributed by atoms with Crippen molar-refractivity contribution in [1.29, 1.82) is 0 Å². The van der Waals surface area contributed by atoms with E-state index in [4.69, 9.17) is 0 Å². The summed E-state index contributed by atoms with van der Waals surface area (Å²) in [5.74, 6) is -0.740. The Labute approximate surface area is 170 Å². The normalized spacial score (nSPS) is 18.4. The Balaban J connectivity index is 1.87. The molecule has 0 spiro atoms. The molecule has 0 saturated carbocycles. The van der Waals surface area contributed by atoms with E-state index in [0.29, 0.717) is 18.5 Å². The number of hydrogen-bond donors (Lipinski definition) is 1. The van der Waals surface area contributed by atoms with Crippen LogP contribution in [0.1, 0.15) is 25.3 Å². The third-order valence-electron chi connectivity index (χ3n) is 5.04. The van der Waals surface area contributed by atoms with Gasteiger partial charge in [0.25, 0.3) is 5.91 Å². The van der Waals surface area contributed by atoms with Crippen molar-refractivity contribution in [2.24, 2.45) is 0 Å². The molecule has 0 bridgehead atoms. The van der Waals surface area contributed by atoms with Crippen LogP contribution in [-0.4, -0.2) is 35.8 Å². The van der Waals surface area contributed by atoms with Crippen LogP contribution in [0, 0.1) is 0 Å². The quantitative estimate of drug-likeness (QED) is 0.553. The van der Waals surface area contributed by atoms with E-state index in [1.165, 1.54) is 4.90 Å². The van der Waals surface area contributed by atoms with Gasteiger partial charge in [-0.25, -0.2) is 4.79 Å². The lowest BCUT2D eigenvalue weighted by Crippen LogP contribution is -2.46. The molecule has 4 amide bonds. The number of rotatable bonds is 8. The average Bonchev–Trinajstić information content (AvgIpc) is 2.98. The molecule has 0 unspecified atom stereocenters. The Hall–Kier alpha value is -3.41. The fourth-order valence-electron chi connectivity index (χ4n) is 3.69. The number of anilines is 1. The summed E-state index contributed by atoms with van der Waals surface area (Å²) in [6.45, 7) is 5.62. The third-order valence-corrected chi connectivity index (χ3v) is 5.04. The van der Waals surface area contributed by atoms with Gasteiger partial charge in [-0.2, -0.15) is 0 Å². The second-order valence-corrected chi connectivity index (χ2v) is 6.97. The number of benzene rings is 2. The molecule has 6 heteroatoms. The number of urea groups is 1. The van der Waals surface area contributed by atoms with E-state index in [0.717, 1.165) is 10.5 Å². The van der Waals surface area contributed by atoms with Crippen LogP contribution < -0.4 is 10.2 Å². The van der Waals surface area contributed by atoms with Gasteiger partial charge in [0.05, 0.1) is 0 Å². The monoisotopic (exact) mass is 391 g/mol. The van der Waals surface area contributed by atoms with Crippen LogP contribution in [0.5, 0.6) is 0 Å². The van der Waals surface area contributed by atoms with Crippen molar-refractivity contribution < 1.29 is 14.4 Å². The van der Waals surface area contributed by atoms with E-state index in [-0.39, 0.29) is 19.0 Å². The number of nitrogens with zero attached hydrogens (tertiary/aromatic N) is 2. The molecule has 1 aliphatic heterocycles. The highest BCUT2D eigenvalue weighted by atomic mass is 16.2. The van der Waals surface area contributed by atoms with Gasteiger partial charge in [0, 0.05) is 12.2 Å². The Morgan fingerprint density at radius 1 is 1.10 bits per heavy atom. The van der Waals surface area contributed by atoms with Gasteiger partial charge in [-0.1, -0.05) is 68.0 Å². The van der Waals surface area contributed by atoms with Gasteiger partial charge in [-0.15, -0.1) is 6.58 Å². The van der Waals surface area contributed by atoms with Crippen LogP contribution in [-0.2, 0) is 15.1 Å². The van der Waals surface area contributed by atoms with Crippen molar-refractivity contribution in [3.05, 3.63) is 78.9 Å². The van der Waals surface area contributed by atoms with Crippen LogP contribution in [0.4, 0.5) is 10.5 Å². The second-order valence-electron chi connectivity index (χ2n) is 6.97. The summed E-state index contributed by atoms with van der Waals surface area (Å²) >= 11 is 0. The number of imide groups is 1. The summed E-state index contributed by atoms with van der Waals surface area (Å²) in [6, 6.07) is 17.8. The predicted octanol–water partition coefficient (Wildman–Crippen LogP) is 3.45. The Bertz CT molecular complexity index is 898. The van der Waals surface area contributed by atoms with Gasteiger partial charge in [-0.05, 0) is 24.1 Å². The Morgan fingerprint density at radius 3 is 2.31 bits per heavy atom. The zero-order valence-corrected chi connectivity index (χ0v) is 16.5. The molecule has 2 aromatic carbocycles. The maximum Gasteiger partial charge on any atom is 0.325 e. The zero-order chi connectivity index (χ0) is 20.9.